The van der Waals surface area contributed by atoms with Crippen LogP contribution in [0.3, 0.4) is 0 Å². The Morgan fingerprint density at radius 1 is 1.07 bits per heavy atom. The van der Waals surface area contributed by atoms with Crippen molar-refractivity contribution in [2.75, 3.05) is 25.5 Å². The highest BCUT2D eigenvalue weighted by atomic mass is 19.3. The molecule has 1 aromatic heterocycles. The number of hydrogen-bond donors (Lipinski definition) is 1. The smallest absolute Gasteiger partial charge is 0.293 e. The maximum Gasteiger partial charge on any atom is 0.293 e. The van der Waals surface area contributed by atoms with Crippen LogP contribution in [0.1, 0.15) is 97.2 Å². The standard InChI is InChI=1S/C24H33N3O.C6H9F2NO.C5H10O2/c1-24(2,3)19-12-14-21(15-13-19)27(4)22(18-9-8-16-25-17-18)23(28)26-20-10-6-5-7-11-20;1-9-4-6(7,8)2-5(9)3-10;1-5(2,3)7-4-6/h8-9,12-17,20,22H,5-7,10-11H2,1-4H3,(H,26,28);3,5H,2,4H2,1H3;4H,1-3H3. The number of ether oxygens (including phenoxy) is 1. The molecule has 2 atom stereocenters. The molecule has 0 radical (unpaired) electrons. The first-order chi connectivity index (χ1) is 21.0. The van der Waals surface area contributed by atoms with E-state index in [1.54, 1.807) is 12.4 Å². The number of halogens is 2. The van der Waals surface area contributed by atoms with Crippen LogP contribution in [0, 0.1) is 0 Å². The Morgan fingerprint density at radius 3 is 2.09 bits per heavy atom. The first-order valence-electron chi connectivity index (χ1n) is 15.7. The number of likely N-dealkylation sites (N-methyl/N-ethyl adjacent to an activating group) is 2. The summed E-state index contributed by atoms with van der Waals surface area (Å²) in [6.07, 6.45) is 9.62. The van der Waals surface area contributed by atoms with Gasteiger partial charge in [0.1, 0.15) is 17.9 Å². The van der Waals surface area contributed by atoms with Crippen LogP contribution in [0.25, 0.3) is 0 Å². The number of carbonyl (C=O) groups is 3. The molecule has 1 saturated carbocycles. The lowest BCUT2D eigenvalue weighted by molar-refractivity contribution is -0.138. The fourth-order valence-corrected chi connectivity index (χ4v) is 5.27. The minimum absolute atomic E-state index is 0.0577. The van der Waals surface area contributed by atoms with Crippen LogP contribution in [0.5, 0.6) is 0 Å². The lowest BCUT2D eigenvalue weighted by Gasteiger charge is -2.32. The lowest BCUT2D eigenvalue weighted by atomic mass is 9.87. The Morgan fingerprint density at radius 2 is 1.69 bits per heavy atom. The number of carbonyl (C=O) groups excluding carboxylic acids is 3. The second-order valence-electron chi connectivity index (χ2n) is 13.9. The second-order valence-corrected chi connectivity index (χ2v) is 13.9. The molecule has 4 rings (SSSR count). The second kappa shape index (κ2) is 16.8. The molecule has 1 aromatic carbocycles. The predicted octanol–water partition coefficient (Wildman–Crippen LogP) is 6.49. The van der Waals surface area contributed by atoms with Crippen LogP contribution < -0.4 is 10.2 Å². The normalized spacial score (nSPS) is 19.1. The van der Waals surface area contributed by atoms with Crippen LogP contribution in [-0.4, -0.2) is 72.8 Å². The van der Waals surface area contributed by atoms with Crippen LogP contribution >= 0.6 is 0 Å². The fraction of sp³-hybridized carbons (Fsp3) is 0.600. The Hall–Kier alpha value is -3.40. The fourth-order valence-electron chi connectivity index (χ4n) is 5.27. The minimum atomic E-state index is -2.67. The van der Waals surface area contributed by atoms with E-state index in [-0.39, 0.29) is 35.9 Å². The van der Waals surface area contributed by atoms with Gasteiger partial charge in [-0.1, -0.05) is 58.2 Å². The number of aldehydes is 1. The molecule has 10 heteroatoms. The quantitative estimate of drug-likeness (QED) is 0.350. The zero-order valence-corrected chi connectivity index (χ0v) is 28.2. The van der Waals surface area contributed by atoms with Gasteiger partial charge in [0.05, 0.1) is 12.6 Å². The maximum absolute atomic E-state index is 13.3. The molecule has 250 valence electrons. The van der Waals surface area contributed by atoms with Gasteiger partial charge in [0.15, 0.2) is 0 Å². The monoisotopic (exact) mass is 630 g/mol. The molecular formula is C35H52F2N4O4. The van der Waals surface area contributed by atoms with Gasteiger partial charge in [0, 0.05) is 43.2 Å². The number of alkyl halides is 2. The Balaban J connectivity index is 0.000000339. The largest absolute Gasteiger partial charge is 0.462 e. The van der Waals surface area contributed by atoms with Crippen molar-refractivity contribution in [3.05, 3.63) is 59.9 Å². The average molecular weight is 631 g/mol. The third-order valence-electron chi connectivity index (χ3n) is 7.84. The van der Waals surface area contributed by atoms with Gasteiger partial charge >= 0.3 is 0 Å². The molecule has 0 spiro atoms. The van der Waals surface area contributed by atoms with Crippen LogP contribution in [-0.2, 0) is 24.5 Å². The molecule has 45 heavy (non-hydrogen) atoms. The van der Waals surface area contributed by atoms with Crippen molar-refractivity contribution < 1.29 is 27.9 Å². The van der Waals surface area contributed by atoms with Gasteiger partial charge in [-0.25, -0.2) is 8.78 Å². The van der Waals surface area contributed by atoms with Crippen molar-refractivity contribution in [1.82, 2.24) is 15.2 Å². The number of amides is 1. The average Bonchev–Trinajstić information content (AvgIpc) is 3.25. The predicted molar refractivity (Wildman–Crippen MR) is 174 cm³/mol. The maximum atomic E-state index is 13.3. The molecule has 2 heterocycles. The number of likely N-dealkylation sites (tertiary alicyclic amines) is 1. The molecule has 2 unspecified atom stereocenters. The summed E-state index contributed by atoms with van der Waals surface area (Å²) >= 11 is 0. The van der Waals surface area contributed by atoms with E-state index in [2.05, 4.69) is 65.0 Å². The summed E-state index contributed by atoms with van der Waals surface area (Å²) < 4.78 is 29.4. The summed E-state index contributed by atoms with van der Waals surface area (Å²) in [5, 5.41) is 3.30. The molecule has 2 aliphatic rings. The molecule has 2 fully saturated rings. The summed E-state index contributed by atoms with van der Waals surface area (Å²) in [5.41, 5.74) is 3.02. The Kier molecular flexibility index (Phi) is 14.1. The number of aromatic nitrogens is 1. The van der Waals surface area contributed by atoms with E-state index in [9.17, 15) is 23.2 Å². The molecule has 2 aromatic rings. The molecular weight excluding hydrogens is 578 g/mol. The molecule has 1 amide bonds. The van der Waals surface area contributed by atoms with Gasteiger partial charge < -0.3 is 19.7 Å². The zero-order valence-electron chi connectivity index (χ0n) is 28.2. The van der Waals surface area contributed by atoms with Gasteiger partial charge in [0.2, 0.25) is 5.91 Å². The Bertz CT molecular complexity index is 1190. The number of rotatable bonds is 7. The van der Waals surface area contributed by atoms with Crippen molar-refractivity contribution in [2.24, 2.45) is 0 Å². The van der Waals surface area contributed by atoms with Gasteiger partial charge in [-0.2, -0.15) is 0 Å². The summed E-state index contributed by atoms with van der Waals surface area (Å²) in [6, 6.07) is 11.7. The van der Waals surface area contributed by atoms with Crippen molar-refractivity contribution in [2.45, 2.75) is 115 Å². The van der Waals surface area contributed by atoms with Crippen LogP contribution in [0.4, 0.5) is 14.5 Å². The third kappa shape index (κ3) is 12.9. The number of anilines is 1. The summed E-state index contributed by atoms with van der Waals surface area (Å²) in [6.45, 7) is 12.3. The SMILES string of the molecule is CC(C)(C)OC=O.CN(c1ccc(C(C)(C)C)cc1)C(C(=O)NC1CCCCC1)c1cccnc1.CN1CC(F)(F)CC1C=O. The van der Waals surface area contributed by atoms with E-state index in [1.807, 2.05) is 40.0 Å². The lowest BCUT2D eigenvalue weighted by Crippen LogP contribution is -2.44. The summed E-state index contributed by atoms with van der Waals surface area (Å²) in [4.78, 5) is 40.7. The highest BCUT2D eigenvalue weighted by molar-refractivity contribution is 5.86. The Labute approximate surface area is 267 Å². The van der Waals surface area contributed by atoms with E-state index in [1.165, 1.54) is 36.8 Å². The van der Waals surface area contributed by atoms with E-state index < -0.39 is 18.0 Å². The summed E-state index contributed by atoms with van der Waals surface area (Å²) in [7, 11) is 3.52. The minimum Gasteiger partial charge on any atom is -0.462 e. The third-order valence-corrected chi connectivity index (χ3v) is 7.84. The van der Waals surface area contributed by atoms with Gasteiger partial charge in [-0.05, 0) is 69.8 Å². The van der Waals surface area contributed by atoms with E-state index >= 15 is 0 Å². The van der Waals surface area contributed by atoms with E-state index in [0.29, 0.717) is 12.8 Å². The van der Waals surface area contributed by atoms with Crippen LogP contribution in [0.15, 0.2) is 48.8 Å². The topological polar surface area (TPSA) is 91.8 Å². The number of benzene rings is 1. The number of hydrogen-bond acceptors (Lipinski definition) is 7. The van der Waals surface area contributed by atoms with E-state index in [0.717, 1.165) is 24.1 Å². The summed E-state index contributed by atoms with van der Waals surface area (Å²) in [5.74, 6) is -2.61. The van der Waals surface area contributed by atoms with Gasteiger partial charge in [-0.15, -0.1) is 0 Å². The first-order valence-corrected chi connectivity index (χ1v) is 15.7. The number of pyridine rings is 1. The first kappa shape index (κ1) is 37.8. The molecule has 0 bridgehead atoms. The van der Waals surface area contributed by atoms with Gasteiger partial charge in [0.25, 0.3) is 12.4 Å². The molecule has 8 nitrogen and oxygen atoms in total. The van der Waals surface area contributed by atoms with Crippen molar-refractivity contribution in [3.63, 3.8) is 0 Å². The molecule has 1 aliphatic heterocycles. The molecule has 1 saturated heterocycles. The highest BCUT2D eigenvalue weighted by Gasteiger charge is 2.42. The van der Waals surface area contributed by atoms with Crippen LogP contribution in [0.2, 0.25) is 0 Å². The van der Waals surface area contributed by atoms with Crippen molar-refractivity contribution in [3.8, 4) is 0 Å². The van der Waals surface area contributed by atoms with E-state index in [4.69, 9.17) is 0 Å². The van der Waals surface area contributed by atoms with Gasteiger partial charge in [-0.3, -0.25) is 19.5 Å². The molecule has 1 aliphatic carbocycles. The molecule has 1 N–H and O–H groups in total. The van der Waals surface area contributed by atoms with Crippen molar-refractivity contribution in [1.29, 1.82) is 0 Å². The number of nitrogens with one attached hydrogen (secondary N) is 1. The zero-order chi connectivity index (χ0) is 33.8. The number of nitrogens with zero attached hydrogens (tertiary/aromatic N) is 3. The highest BCUT2D eigenvalue weighted by Crippen LogP contribution is 2.31. The van der Waals surface area contributed by atoms with Crippen molar-refractivity contribution >= 4 is 24.4 Å².